The molecule has 1 fully saturated rings. The molecule has 2 N–H and O–H groups in total. The summed E-state index contributed by atoms with van der Waals surface area (Å²) in [6.45, 7) is 3.96. The van der Waals surface area contributed by atoms with E-state index < -0.39 is 35.1 Å². The molecule has 2 heterocycles. The van der Waals surface area contributed by atoms with Gasteiger partial charge < -0.3 is 24.1 Å². The summed E-state index contributed by atoms with van der Waals surface area (Å²) in [5.74, 6) is -0.865. The van der Waals surface area contributed by atoms with Crippen molar-refractivity contribution in [2.45, 2.75) is 56.8 Å². The first kappa shape index (κ1) is 18.1. The summed E-state index contributed by atoms with van der Waals surface area (Å²) in [6.07, 6.45) is 0.706. The van der Waals surface area contributed by atoms with E-state index in [2.05, 4.69) is 0 Å². The van der Waals surface area contributed by atoms with Crippen LogP contribution in [-0.4, -0.2) is 54.0 Å². The van der Waals surface area contributed by atoms with E-state index in [1.807, 2.05) is 13.8 Å². The number of hydrogen-bond donors (Lipinski definition) is 2. The number of ketones is 1. The summed E-state index contributed by atoms with van der Waals surface area (Å²) in [6, 6.07) is 0. The lowest BCUT2D eigenvalue weighted by Crippen LogP contribution is -2.57. The van der Waals surface area contributed by atoms with Crippen LogP contribution in [0.3, 0.4) is 0 Å². The number of aliphatic hydroxyl groups is 2. The Labute approximate surface area is 162 Å². The lowest BCUT2D eigenvalue weighted by molar-refractivity contribution is -0.0391. The van der Waals surface area contributed by atoms with Crippen LogP contribution < -0.4 is 0 Å². The Morgan fingerprint density at radius 2 is 2.00 bits per heavy atom. The van der Waals surface area contributed by atoms with E-state index in [1.165, 1.54) is 13.4 Å². The minimum Gasteiger partial charge on any atom is -0.460 e. The number of esters is 1. The fourth-order valence-electron chi connectivity index (χ4n) is 6.21. The van der Waals surface area contributed by atoms with Crippen molar-refractivity contribution in [1.82, 2.24) is 0 Å². The van der Waals surface area contributed by atoms with Gasteiger partial charge in [0.2, 0.25) is 5.78 Å². The van der Waals surface area contributed by atoms with Gasteiger partial charge in [-0.15, -0.1) is 0 Å². The smallest absolute Gasteiger partial charge is 0.342 e. The summed E-state index contributed by atoms with van der Waals surface area (Å²) < 4.78 is 16.6. The maximum atomic E-state index is 13.5. The molecule has 1 aliphatic heterocycles. The molecular formula is C21H24O7. The van der Waals surface area contributed by atoms with E-state index in [0.29, 0.717) is 36.0 Å². The first-order valence-electron chi connectivity index (χ1n) is 9.72. The second-order valence-corrected chi connectivity index (χ2v) is 8.93. The highest BCUT2D eigenvalue weighted by Crippen LogP contribution is 2.61. The molecule has 7 heteroatoms. The predicted octanol–water partition coefficient (Wildman–Crippen LogP) is 1.76. The van der Waals surface area contributed by atoms with Crippen LogP contribution in [0.15, 0.2) is 21.8 Å². The summed E-state index contributed by atoms with van der Waals surface area (Å²) in [5.41, 5.74) is 0.359. The van der Waals surface area contributed by atoms with E-state index in [-0.39, 0.29) is 29.6 Å². The lowest BCUT2D eigenvalue weighted by Gasteiger charge is -2.52. The first-order valence-corrected chi connectivity index (χ1v) is 9.72. The zero-order valence-corrected chi connectivity index (χ0v) is 16.2. The Morgan fingerprint density at radius 3 is 2.71 bits per heavy atom. The van der Waals surface area contributed by atoms with Crippen LogP contribution in [0.5, 0.6) is 0 Å². The molecule has 3 aliphatic carbocycles. The highest BCUT2D eigenvalue weighted by atomic mass is 16.6. The fraction of sp³-hybridized carbons (Fsp3) is 0.619. The molecule has 6 atom stereocenters. The summed E-state index contributed by atoms with van der Waals surface area (Å²) in [5, 5.41) is 21.8. The number of fused-ring (bicyclic) bond motifs is 3. The van der Waals surface area contributed by atoms with Crippen molar-refractivity contribution in [3.05, 3.63) is 34.3 Å². The quantitative estimate of drug-likeness (QED) is 0.744. The minimum absolute atomic E-state index is 0.133. The number of allylic oxidation sites excluding steroid dienone is 1. The van der Waals surface area contributed by atoms with Crippen molar-refractivity contribution in [3.63, 3.8) is 0 Å². The normalized spacial score (nSPS) is 41.5. The van der Waals surface area contributed by atoms with Crippen molar-refractivity contribution in [1.29, 1.82) is 0 Å². The van der Waals surface area contributed by atoms with E-state index in [4.69, 9.17) is 13.9 Å². The van der Waals surface area contributed by atoms with Gasteiger partial charge in [-0.2, -0.15) is 0 Å². The Morgan fingerprint density at radius 1 is 1.25 bits per heavy atom. The predicted molar refractivity (Wildman–Crippen MR) is 96.0 cm³/mol. The van der Waals surface area contributed by atoms with Gasteiger partial charge in [-0.1, -0.05) is 6.92 Å². The first-order chi connectivity index (χ1) is 13.2. The number of carbonyl (C=O) groups is 2. The average Bonchev–Trinajstić information content (AvgIpc) is 3.21. The van der Waals surface area contributed by atoms with Crippen molar-refractivity contribution >= 4 is 11.8 Å². The van der Waals surface area contributed by atoms with Gasteiger partial charge in [0.05, 0.1) is 24.2 Å². The van der Waals surface area contributed by atoms with E-state index in [1.54, 1.807) is 0 Å². The zero-order valence-electron chi connectivity index (χ0n) is 16.2. The van der Waals surface area contributed by atoms with Crippen LogP contribution in [0.4, 0.5) is 0 Å². The molecule has 0 unspecified atom stereocenters. The number of rotatable bonds is 2. The van der Waals surface area contributed by atoms with E-state index in [9.17, 15) is 19.8 Å². The summed E-state index contributed by atoms with van der Waals surface area (Å²) in [4.78, 5) is 25.9. The van der Waals surface area contributed by atoms with Gasteiger partial charge in [0.15, 0.2) is 5.76 Å². The number of hydrogen-bond acceptors (Lipinski definition) is 7. The number of furan rings is 1. The molecule has 4 aliphatic rings. The molecule has 28 heavy (non-hydrogen) atoms. The molecule has 0 radical (unpaired) electrons. The molecule has 1 aromatic rings. The third-order valence-electron chi connectivity index (χ3n) is 7.64. The molecule has 0 saturated heterocycles. The van der Waals surface area contributed by atoms with E-state index >= 15 is 0 Å². The minimum atomic E-state index is -0.926. The Bertz CT molecular complexity index is 927. The maximum Gasteiger partial charge on any atom is 0.342 e. The number of Topliss-reactive ketones (excluding diaryl/α,β-unsaturated/α-hetero) is 1. The van der Waals surface area contributed by atoms with Crippen molar-refractivity contribution < 1.29 is 33.7 Å². The van der Waals surface area contributed by atoms with Crippen LogP contribution in [0.25, 0.3) is 0 Å². The van der Waals surface area contributed by atoms with E-state index in [0.717, 1.165) is 0 Å². The number of carbonyl (C=O) groups excluding carboxylic acids is 2. The van der Waals surface area contributed by atoms with Crippen LogP contribution in [0, 0.1) is 11.3 Å². The molecule has 0 amide bonds. The van der Waals surface area contributed by atoms with Gasteiger partial charge >= 0.3 is 5.97 Å². The Kier molecular flexibility index (Phi) is 3.59. The molecule has 0 spiro atoms. The fourth-order valence-corrected chi connectivity index (χ4v) is 6.21. The highest BCUT2D eigenvalue weighted by molar-refractivity contribution is 6.13. The lowest BCUT2D eigenvalue weighted by atomic mass is 9.54. The number of aliphatic hydroxyl groups excluding tert-OH is 2. The zero-order chi connectivity index (χ0) is 20.0. The number of ether oxygens (including phenoxy) is 2. The Hall–Kier alpha value is -1.96. The topological polar surface area (TPSA) is 106 Å². The number of cyclic esters (lactones) is 1. The third kappa shape index (κ3) is 1.90. The molecule has 150 valence electrons. The molecule has 0 aromatic carbocycles. The molecule has 7 nitrogen and oxygen atoms in total. The van der Waals surface area contributed by atoms with Gasteiger partial charge in [-0.3, -0.25) is 4.79 Å². The number of methoxy groups -OCH3 is 1. The summed E-state index contributed by atoms with van der Waals surface area (Å²) in [7, 11) is 1.52. The monoisotopic (exact) mass is 388 g/mol. The molecule has 1 aromatic heterocycles. The van der Waals surface area contributed by atoms with Crippen LogP contribution in [0.1, 0.15) is 59.6 Å². The summed E-state index contributed by atoms with van der Waals surface area (Å²) >= 11 is 0. The van der Waals surface area contributed by atoms with Gasteiger partial charge in [-0.05, 0) is 37.7 Å². The largest absolute Gasteiger partial charge is 0.460 e. The van der Waals surface area contributed by atoms with Crippen LogP contribution in [-0.2, 0) is 14.9 Å². The van der Waals surface area contributed by atoms with Gasteiger partial charge in [0.1, 0.15) is 17.9 Å². The van der Waals surface area contributed by atoms with Crippen molar-refractivity contribution in [3.8, 4) is 0 Å². The van der Waals surface area contributed by atoms with Gasteiger partial charge in [0.25, 0.3) is 0 Å². The maximum absolute atomic E-state index is 13.5. The molecule has 0 bridgehead atoms. The second-order valence-electron chi connectivity index (χ2n) is 8.93. The highest BCUT2D eigenvalue weighted by Gasteiger charge is 2.63. The molecular weight excluding hydrogens is 364 g/mol. The van der Waals surface area contributed by atoms with Crippen LogP contribution in [0.2, 0.25) is 0 Å². The standard InChI is InChI=1S/C21H24O7/c1-20-6-11(22)16-14(10(20)4-5-12(20)23)17(24)18-15-9(7-27-18)19(25)28-13(8-26-3)21(15,16)2/h7,10-13,22-23H,4-6,8H2,1-3H3/t10-,11+,12-,13+,20-,21-/m0/s1. The SMILES string of the molecule is COC[C@H]1OC(=O)c2coc3c2[C@@]1(C)C1=C(C3=O)[C@@H]2CC[C@H](O)[C@@]2(C)C[C@H]1O. The van der Waals surface area contributed by atoms with Gasteiger partial charge in [0, 0.05) is 23.7 Å². The van der Waals surface area contributed by atoms with Crippen molar-refractivity contribution in [2.24, 2.45) is 11.3 Å². The second kappa shape index (κ2) is 5.55. The third-order valence-corrected chi connectivity index (χ3v) is 7.64. The van der Waals surface area contributed by atoms with Crippen LogP contribution >= 0.6 is 0 Å². The average molecular weight is 388 g/mol. The van der Waals surface area contributed by atoms with Crippen molar-refractivity contribution in [2.75, 3.05) is 13.7 Å². The Balaban J connectivity index is 1.80. The van der Waals surface area contributed by atoms with Gasteiger partial charge in [-0.25, -0.2) is 4.79 Å². The molecule has 5 rings (SSSR count). The molecule has 1 saturated carbocycles.